The van der Waals surface area contributed by atoms with Gasteiger partial charge in [-0.05, 0) is 25.6 Å². The Labute approximate surface area is 114 Å². The smallest absolute Gasteiger partial charge is 0.312 e. The summed E-state index contributed by atoms with van der Waals surface area (Å²) >= 11 is 0. The van der Waals surface area contributed by atoms with Gasteiger partial charge in [0.15, 0.2) is 0 Å². The molecule has 0 spiro atoms. The number of para-hydroxylation sites is 1. The third kappa shape index (κ3) is 3.80. The molecular formula is C13H15F3N4. The predicted octanol–water partition coefficient (Wildman–Crippen LogP) is 2.87. The Morgan fingerprint density at radius 3 is 2.55 bits per heavy atom. The van der Waals surface area contributed by atoms with E-state index in [0.717, 1.165) is 5.69 Å². The number of halogens is 3. The largest absolute Gasteiger partial charge is 0.389 e. The highest BCUT2D eigenvalue weighted by Crippen LogP contribution is 2.26. The zero-order chi connectivity index (χ0) is 14.6. The molecule has 4 nitrogen and oxygen atoms in total. The molecule has 0 aliphatic carbocycles. The second-order valence-corrected chi connectivity index (χ2v) is 4.39. The van der Waals surface area contributed by atoms with Crippen LogP contribution in [0.15, 0.2) is 36.5 Å². The number of benzene rings is 1. The van der Waals surface area contributed by atoms with Crippen molar-refractivity contribution in [3.8, 4) is 5.69 Å². The topological polar surface area (TPSA) is 42.7 Å². The number of rotatable bonds is 5. The molecule has 1 heterocycles. The van der Waals surface area contributed by atoms with Crippen molar-refractivity contribution in [2.45, 2.75) is 25.1 Å². The molecule has 0 aliphatic rings. The molecule has 1 N–H and O–H groups in total. The summed E-state index contributed by atoms with van der Waals surface area (Å²) in [6.45, 7) is 0. The number of nitrogens with one attached hydrogen (secondary N) is 1. The Hall–Kier alpha value is -1.89. The molecule has 1 aromatic heterocycles. The van der Waals surface area contributed by atoms with Crippen molar-refractivity contribution >= 4 is 0 Å². The van der Waals surface area contributed by atoms with Gasteiger partial charge in [0.2, 0.25) is 0 Å². The minimum Gasteiger partial charge on any atom is -0.312 e. The Bertz CT molecular complexity index is 536. The summed E-state index contributed by atoms with van der Waals surface area (Å²) in [5.74, 6) is 0. The first-order valence-electron chi connectivity index (χ1n) is 6.21. The first kappa shape index (κ1) is 14.5. The van der Waals surface area contributed by atoms with Crippen LogP contribution in [0.25, 0.3) is 5.69 Å². The highest BCUT2D eigenvalue weighted by molar-refractivity contribution is 5.28. The first-order valence-corrected chi connectivity index (χ1v) is 6.21. The molecule has 0 fully saturated rings. The van der Waals surface area contributed by atoms with Crippen LogP contribution in [0.2, 0.25) is 0 Å². The molecule has 1 aromatic carbocycles. The van der Waals surface area contributed by atoms with Gasteiger partial charge in [0.05, 0.1) is 17.9 Å². The van der Waals surface area contributed by atoms with Crippen molar-refractivity contribution in [1.82, 2.24) is 20.3 Å². The Morgan fingerprint density at radius 2 is 1.95 bits per heavy atom. The van der Waals surface area contributed by atoms with Crippen molar-refractivity contribution in [2.24, 2.45) is 0 Å². The van der Waals surface area contributed by atoms with Gasteiger partial charge in [-0.1, -0.05) is 18.2 Å². The van der Waals surface area contributed by atoms with E-state index in [0.29, 0.717) is 5.69 Å². The second-order valence-electron chi connectivity index (χ2n) is 4.39. The number of nitrogens with zero attached hydrogens (tertiary/aromatic N) is 3. The molecule has 20 heavy (non-hydrogen) atoms. The van der Waals surface area contributed by atoms with Crippen molar-refractivity contribution in [3.05, 3.63) is 42.2 Å². The van der Waals surface area contributed by atoms with Gasteiger partial charge in [-0.15, -0.1) is 0 Å². The third-order valence-electron chi connectivity index (χ3n) is 2.92. The summed E-state index contributed by atoms with van der Waals surface area (Å²) in [4.78, 5) is 1.41. The van der Waals surface area contributed by atoms with E-state index in [2.05, 4.69) is 15.5 Å². The second kappa shape index (κ2) is 6.04. The van der Waals surface area contributed by atoms with E-state index in [4.69, 9.17) is 0 Å². The van der Waals surface area contributed by atoms with Gasteiger partial charge in [0.25, 0.3) is 0 Å². The summed E-state index contributed by atoms with van der Waals surface area (Å²) in [5, 5.41) is 11.2. The molecule has 2 aromatic rings. The van der Waals surface area contributed by atoms with Crippen LogP contribution < -0.4 is 5.32 Å². The molecule has 0 saturated carbocycles. The van der Waals surface area contributed by atoms with Crippen LogP contribution in [0.3, 0.4) is 0 Å². The van der Waals surface area contributed by atoms with Crippen LogP contribution in [0.5, 0.6) is 0 Å². The fourth-order valence-corrected chi connectivity index (χ4v) is 1.87. The molecular weight excluding hydrogens is 269 g/mol. The van der Waals surface area contributed by atoms with Crippen molar-refractivity contribution in [2.75, 3.05) is 7.05 Å². The van der Waals surface area contributed by atoms with E-state index < -0.39 is 18.6 Å². The van der Waals surface area contributed by atoms with Crippen molar-refractivity contribution in [1.29, 1.82) is 0 Å². The van der Waals surface area contributed by atoms with Crippen LogP contribution in [-0.4, -0.2) is 28.2 Å². The SMILES string of the molecule is CNC(CCC(F)(F)F)c1cnn(-c2ccccc2)n1. The molecule has 2 rings (SSSR count). The van der Waals surface area contributed by atoms with Gasteiger partial charge in [0, 0.05) is 6.42 Å². The van der Waals surface area contributed by atoms with Crippen LogP contribution >= 0.6 is 0 Å². The molecule has 0 bridgehead atoms. The Morgan fingerprint density at radius 1 is 1.25 bits per heavy atom. The Balaban J connectivity index is 2.10. The minimum absolute atomic E-state index is 0.0620. The van der Waals surface area contributed by atoms with Gasteiger partial charge in [-0.2, -0.15) is 28.2 Å². The number of hydrogen-bond acceptors (Lipinski definition) is 3. The first-order chi connectivity index (χ1) is 9.49. The molecule has 0 aliphatic heterocycles. The third-order valence-corrected chi connectivity index (χ3v) is 2.92. The minimum atomic E-state index is -4.16. The maximum Gasteiger partial charge on any atom is 0.389 e. The monoisotopic (exact) mass is 284 g/mol. The number of aromatic nitrogens is 3. The average molecular weight is 284 g/mol. The van der Waals surface area contributed by atoms with E-state index in [-0.39, 0.29) is 6.42 Å². The lowest BCUT2D eigenvalue weighted by Crippen LogP contribution is -2.20. The fourth-order valence-electron chi connectivity index (χ4n) is 1.87. The van der Waals surface area contributed by atoms with E-state index in [1.54, 1.807) is 7.05 Å². The van der Waals surface area contributed by atoms with Gasteiger partial charge in [-0.3, -0.25) is 0 Å². The zero-order valence-electron chi connectivity index (χ0n) is 10.9. The summed E-state index contributed by atoms with van der Waals surface area (Å²) in [5.41, 5.74) is 1.27. The summed E-state index contributed by atoms with van der Waals surface area (Å²) in [6.07, 6.45) is -3.58. The van der Waals surface area contributed by atoms with E-state index in [1.165, 1.54) is 11.0 Å². The predicted molar refractivity (Wildman–Crippen MR) is 68.4 cm³/mol. The van der Waals surface area contributed by atoms with Gasteiger partial charge >= 0.3 is 6.18 Å². The quantitative estimate of drug-likeness (QED) is 0.918. The van der Waals surface area contributed by atoms with Crippen molar-refractivity contribution < 1.29 is 13.2 Å². The summed E-state index contributed by atoms with van der Waals surface area (Å²) < 4.78 is 36.8. The molecule has 1 unspecified atom stereocenters. The molecule has 0 amide bonds. The molecule has 0 saturated heterocycles. The lowest BCUT2D eigenvalue weighted by atomic mass is 10.1. The molecule has 1 atom stereocenters. The van der Waals surface area contributed by atoms with E-state index in [9.17, 15) is 13.2 Å². The zero-order valence-corrected chi connectivity index (χ0v) is 10.9. The maximum atomic E-state index is 12.3. The van der Waals surface area contributed by atoms with Gasteiger partial charge < -0.3 is 5.32 Å². The van der Waals surface area contributed by atoms with Gasteiger partial charge in [-0.25, -0.2) is 0 Å². The molecule has 0 radical (unpaired) electrons. The normalized spacial score (nSPS) is 13.4. The molecule has 7 heteroatoms. The van der Waals surface area contributed by atoms with Crippen LogP contribution in [0.4, 0.5) is 13.2 Å². The highest BCUT2D eigenvalue weighted by atomic mass is 19.4. The van der Waals surface area contributed by atoms with Gasteiger partial charge in [0.1, 0.15) is 5.69 Å². The summed E-state index contributed by atoms with van der Waals surface area (Å²) in [7, 11) is 1.61. The maximum absolute atomic E-state index is 12.3. The lowest BCUT2D eigenvalue weighted by Gasteiger charge is -2.14. The lowest BCUT2D eigenvalue weighted by molar-refractivity contribution is -0.136. The standard InChI is InChI=1S/C13H15F3N4/c1-17-11(7-8-13(14,15)16)12-9-18-20(19-12)10-5-3-2-4-6-10/h2-6,9,11,17H,7-8H2,1H3. The van der Waals surface area contributed by atoms with Crippen molar-refractivity contribution in [3.63, 3.8) is 0 Å². The average Bonchev–Trinajstić information content (AvgIpc) is 2.89. The highest BCUT2D eigenvalue weighted by Gasteiger charge is 2.29. The Kier molecular flexibility index (Phi) is 4.39. The van der Waals surface area contributed by atoms with Crippen LogP contribution in [0, 0.1) is 0 Å². The molecule has 108 valence electrons. The van der Waals surface area contributed by atoms with Crippen LogP contribution in [0.1, 0.15) is 24.6 Å². The van der Waals surface area contributed by atoms with E-state index >= 15 is 0 Å². The van der Waals surface area contributed by atoms with E-state index in [1.807, 2.05) is 30.3 Å². The number of alkyl halides is 3. The fraction of sp³-hybridized carbons (Fsp3) is 0.385. The number of hydrogen-bond donors (Lipinski definition) is 1. The summed E-state index contributed by atoms with van der Waals surface area (Å²) in [6, 6.07) is 8.75. The van der Waals surface area contributed by atoms with Crippen LogP contribution in [-0.2, 0) is 0 Å².